The van der Waals surface area contributed by atoms with Crippen LogP contribution in [-0.2, 0) is 7.05 Å². The van der Waals surface area contributed by atoms with Gasteiger partial charge in [-0.3, -0.25) is 29.7 Å². The number of nitrogens with zero attached hydrogens (tertiary/aromatic N) is 4. The zero-order valence-corrected chi connectivity index (χ0v) is 11.1. The highest BCUT2D eigenvalue weighted by molar-refractivity contribution is 6.06. The van der Waals surface area contributed by atoms with Crippen molar-refractivity contribution in [3.05, 3.63) is 50.3 Å². The smallest absolute Gasteiger partial charge is 0.320 e. The van der Waals surface area contributed by atoms with Crippen LogP contribution in [0.3, 0.4) is 0 Å². The number of aromatic hydroxyl groups is 1. The zero-order chi connectivity index (χ0) is 16.4. The standard InChI is InChI=1S/C11H9N5O6/c1-14-10(8(5-12-14)16(21)22)11(18)13-7-4-6(15(19)20)2-3-9(7)17/h2-5,17H,1H3,(H,13,18). The number of amides is 1. The van der Waals surface area contributed by atoms with Crippen molar-refractivity contribution in [2.24, 2.45) is 7.05 Å². The first kappa shape index (κ1) is 14.9. The Bertz CT molecular complexity index is 783. The molecule has 0 aliphatic carbocycles. The van der Waals surface area contributed by atoms with Crippen LogP contribution in [0.4, 0.5) is 17.1 Å². The number of hydrogen-bond donors (Lipinski definition) is 2. The summed E-state index contributed by atoms with van der Waals surface area (Å²) in [5, 5.41) is 36.9. The van der Waals surface area contributed by atoms with Crippen molar-refractivity contribution in [1.82, 2.24) is 9.78 Å². The van der Waals surface area contributed by atoms with Crippen molar-refractivity contribution < 1.29 is 19.7 Å². The Hall–Kier alpha value is -3.50. The normalized spacial score (nSPS) is 10.2. The number of nitro groups is 2. The highest BCUT2D eigenvalue weighted by Crippen LogP contribution is 2.29. The molecule has 11 nitrogen and oxygen atoms in total. The summed E-state index contributed by atoms with van der Waals surface area (Å²) < 4.78 is 0.988. The summed E-state index contributed by atoms with van der Waals surface area (Å²) in [4.78, 5) is 32.1. The van der Waals surface area contributed by atoms with Gasteiger partial charge in [0.15, 0.2) is 0 Å². The molecule has 22 heavy (non-hydrogen) atoms. The number of nitro benzene ring substituents is 1. The maximum atomic E-state index is 12.1. The van der Waals surface area contributed by atoms with E-state index in [0.29, 0.717) is 0 Å². The highest BCUT2D eigenvalue weighted by atomic mass is 16.6. The van der Waals surface area contributed by atoms with Gasteiger partial charge in [-0.2, -0.15) is 5.10 Å². The molecule has 0 radical (unpaired) electrons. The topological polar surface area (TPSA) is 153 Å². The van der Waals surface area contributed by atoms with Crippen LogP contribution in [0.1, 0.15) is 10.5 Å². The molecule has 0 bridgehead atoms. The van der Waals surface area contributed by atoms with E-state index < -0.39 is 27.2 Å². The first-order valence-electron chi connectivity index (χ1n) is 5.76. The second-order valence-corrected chi connectivity index (χ2v) is 4.17. The van der Waals surface area contributed by atoms with E-state index in [-0.39, 0.29) is 17.1 Å². The molecular weight excluding hydrogens is 298 g/mol. The summed E-state index contributed by atoms with van der Waals surface area (Å²) in [6.07, 6.45) is 0.905. The number of hydrogen-bond acceptors (Lipinski definition) is 7. The van der Waals surface area contributed by atoms with Crippen LogP contribution in [-0.4, -0.2) is 30.6 Å². The molecular formula is C11H9N5O6. The predicted molar refractivity (Wildman–Crippen MR) is 72.6 cm³/mol. The lowest BCUT2D eigenvalue weighted by molar-refractivity contribution is -0.385. The third kappa shape index (κ3) is 2.67. The first-order valence-corrected chi connectivity index (χ1v) is 5.76. The molecule has 114 valence electrons. The number of phenolic OH excluding ortho intramolecular Hbond substituents is 1. The molecule has 1 heterocycles. The molecule has 1 amide bonds. The number of anilines is 1. The van der Waals surface area contributed by atoms with Crippen molar-refractivity contribution in [1.29, 1.82) is 0 Å². The van der Waals surface area contributed by atoms with Gasteiger partial charge in [0.1, 0.15) is 11.9 Å². The number of carbonyl (C=O) groups excluding carboxylic acids is 1. The second-order valence-electron chi connectivity index (χ2n) is 4.17. The lowest BCUT2D eigenvalue weighted by Crippen LogP contribution is -2.17. The van der Waals surface area contributed by atoms with Crippen molar-refractivity contribution in [2.75, 3.05) is 5.32 Å². The molecule has 2 rings (SSSR count). The minimum Gasteiger partial charge on any atom is -0.506 e. The Kier molecular flexibility index (Phi) is 3.71. The monoisotopic (exact) mass is 307 g/mol. The molecule has 0 saturated carbocycles. The molecule has 11 heteroatoms. The summed E-state index contributed by atoms with van der Waals surface area (Å²) in [7, 11) is 1.33. The van der Waals surface area contributed by atoms with E-state index in [1.54, 1.807) is 0 Å². The Balaban J connectivity index is 2.38. The molecule has 2 N–H and O–H groups in total. The van der Waals surface area contributed by atoms with Gasteiger partial charge in [-0.1, -0.05) is 0 Å². The zero-order valence-electron chi connectivity index (χ0n) is 11.1. The molecule has 0 fully saturated rings. The minimum absolute atomic E-state index is 0.241. The van der Waals surface area contributed by atoms with Gasteiger partial charge in [0.25, 0.3) is 11.6 Å². The molecule has 0 atom stereocenters. The number of carbonyl (C=O) groups is 1. The van der Waals surface area contributed by atoms with Crippen LogP contribution in [0.5, 0.6) is 5.75 Å². The Morgan fingerprint density at radius 2 is 2.00 bits per heavy atom. The molecule has 2 aromatic rings. The molecule has 0 aliphatic heterocycles. The van der Waals surface area contributed by atoms with Crippen molar-refractivity contribution >= 4 is 23.0 Å². The lowest BCUT2D eigenvalue weighted by Gasteiger charge is -2.07. The molecule has 0 aliphatic rings. The predicted octanol–water partition coefficient (Wildman–Crippen LogP) is 1.19. The Labute approximate surface area is 122 Å². The van der Waals surface area contributed by atoms with Crippen LogP contribution in [0.15, 0.2) is 24.4 Å². The summed E-state index contributed by atoms with van der Waals surface area (Å²) in [6, 6.07) is 3.03. The van der Waals surface area contributed by atoms with Gasteiger partial charge < -0.3 is 10.4 Å². The maximum Gasteiger partial charge on any atom is 0.320 e. The number of aromatic nitrogens is 2. The number of rotatable bonds is 4. The van der Waals surface area contributed by atoms with Gasteiger partial charge in [-0.15, -0.1) is 0 Å². The van der Waals surface area contributed by atoms with Gasteiger partial charge in [0.2, 0.25) is 5.69 Å². The number of phenols is 1. The van der Waals surface area contributed by atoms with Crippen molar-refractivity contribution in [3.8, 4) is 5.75 Å². The average molecular weight is 307 g/mol. The van der Waals surface area contributed by atoms with Crippen LogP contribution < -0.4 is 5.32 Å². The molecule has 0 saturated heterocycles. The van der Waals surface area contributed by atoms with E-state index in [0.717, 1.165) is 29.1 Å². The number of nitrogens with one attached hydrogen (secondary N) is 1. The number of benzene rings is 1. The van der Waals surface area contributed by atoms with E-state index in [1.807, 2.05) is 0 Å². The first-order chi connectivity index (χ1) is 10.3. The fourth-order valence-corrected chi connectivity index (χ4v) is 1.74. The van der Waals surface area contributed by atoms with Gasteiger partial charge in [0.05, 0.1) is 15.5 Å². The van der Waals surface area contributed by atoms with E-state index in [2.05, 4.69) is 10.4 Å². The highest BCUT2D eigenvalue weighted by Gasteiger charge is 2.26. The summed E-state index contributed by atoms with van der Waals surface area (Å²) in [5.74, 6) is -1.34. The van der Waals surface area contributed by atoms with Crippen molar-refractivity contribution in [2.45, 2.75) is 0 Å². The number of non-ortho nitro benzene ring substituents is 1. The summed E-state index contributed by atoms with van der Waals surface area (Å²) in [6.45, 7) is 0. The lowest BCUT2D eigenvalue weighted by atomic mass is 10.2. The summed E-state index contributed by atoms with van der Waals surface area (Å²) in [5.41, 5.74) is -1.47. The van der Waals surface area contributed by atoms with Crippen LogP contribution >= 0.6 is 0 Å². The van der Waals surface area contributed by atoms with Crippen molar-refractivity contribution in [3.63, 3.8) is 0 Å². The quantitative estimate of drug-likeness (QED) is 0.488. The summed E-state index contributed by atoms with van der Waals surface area (Å²) >= 11 is 0. The van der Waals surface area contributed by atoms with Crippen LogP contribution in [0.2, 0.25) is 0 Å². The van der Waals surface area contributed by atoms with Gasteiger partial charge in [-0.05, 0) is 6.07 Å². The van der Waals surface area contributed by atoms with Crippen LogP contribution in [0, 0.1) is 20.2 Å². The number of aryl methyl sites for hydroxylation is 1. The SMILES string of the molecule is Cn1ncc([N+](=O)[O-])c1C(=O)Nc1cc([N+](=O)[O-])ccc1O. The maximum absolute atomic E-state index is 12.1. The van der Waals surface area contributed by atoms with Gasteiger partial charge >= 0.3 is 5.69 Å². The van der Waals surface area contributed by atoms with E-state index >= 15 is 0 Å². The molecule has 1 aromatic heterocycles. The average Bonchev–Trinajstić information content (AvgIpc) is 2.83. The van der Waals surface area contributed by atoms with Gasteiger partial charge in [-0.25, -0.2) is 0 Å². The molecule has 0 spiro atoms. The molecule has 0 unspecified atom stereocenters. The fraction of sp³-hybridized carbons (Fsp3) is 0.0909. The fourth-order valence-electron chi connectivity index (χ4n) is 1.74. The van der Waals surface area contributed by atoms with Crippen LogP contribution in [0.25, 0.3) is 0 Å². The Morgan fingerprint density at radius 3 is 2.59 bits per heavy atom. The minimum atomic E-state index is -0.928. The third-order valence-electron chi connectivity index (χ3n) is 2.77. The van der Waals surface area contributed by atoms with Gasteiger partial charge in [0, 0.05) is 19.2 Å². The van der Waals surface area contributed by atoms with E-state index in [4.69, 9.17) is 0 Å². The molecule has 1 aromatic carbocycles. The Morgan fingerprint density at radius 1 is 1.32 bits per heavy atom. The third-order valence-corrected chi connectivity index (χ3v) is 2.77. The van der Waals surface area contributed by atoms with E-state index in [9.17, 15) is 30.1 Å². The largest absolute Gasteiger partial charge is 0.506 e. The second kappa shape index (κ2) is 5.47. The van der Waals surface area contributed by atoms with E-state index in [1.165, 1.54) is 7.05 Å².